The molecule has 1 aromatic rings. The minimum Gasteiger partial charge on any atom is -0.476 e. The van der Waals surface area contributed by atoms with E-state index < -0.39 is 12.0 Å². The Morgan fingerprint density at radius 2 is 2.50 bits per heavy atom. The van der Waals surface area contributed by atoms with Crippen LogP contribution in [0.4, 0.5) is 0 Å². The molecule has 1 atom stereocenters. The Labute approximate surface area is 67.6 Å². The molecular weight excluding hydrogens is 164 g/mol. The molecule has 1 aromatic heterocycles. The highest BCUT2D eigenvalue weighted by Crippen LogP contribution is 2.10. The van der Waals surface area contributed by atoms with E-state index in [0.29, 0.717) is 0 Å². The Kier molecular flexibility index (Phi) is 2.41. The lowest BCUT2D eigenvalue weighted by molar-refractivity contribution is 0.0685. The van der Waals surface area contributed by atoms with Gasteiger partial charge in [-0.25, -0.2) is 4.79 Å². The van der Waals surface area contributed by atoms with Gasteiger partial charge in [-0.15, -0.1) is 0 Å². The first kappa shape index (κ1) is 8.69. The van der Waals surface area contributed by atoms with E-state index in [1.165, 1.54) is 6.07 Å². The fraction of sp³-hybridized carbons (Fsp3) is 0.333. The lowest BCUT2D eigenvalue weighted by Crippen LogP contribution is -2.13. The van der Waals surface area contributed by atoms with E-state index >= 15 is 0 Å². The average Bonchev–Trinajstić information content (AvgIpc) is 2.51. The number of aromatic carboxylic acids is 1. The van der Waals surface area contributed by atoms with Crippen LogP contribution in [-0.2, 0) is 0 Å². The highest BCUT2D eigenvalue weighted by molar-refractivity contribution is 5.85. The van der Waals surface area contributed by atoms with Crippen molar-refractivity contribution in [1.29, 1.82) is 0 Å². The van der Waals surface area contributed by atoms with Crippen LogP contribution in [0.15, 0.2) is 10.6 Å². The Balaban J connectivity index is 2.84. The molecule has 0 aliphatic carbocycles. The summed E-state index contributed by atoms with van der Waals surface area (Å²) in [6.45, 7) is -0.311. The maximum atomic E-state index is 10.3. The lowest BCUT2D eigenvalue weighted by Gasteiger charge is -1.99. The lowest BCUT2D eigenvalue weighted by atomic mass is 10.2. The fourth-order valence-corrected chi connectivity index (χ4v) is 0.655. The third kappa shape index (κ3) is 1.60. The van der Waals surface area contributed by atoms with E-state index in [2.05, 4.69) is 9.68 Å². The molecule has 4 N–H and O–H groups in total. The van der Waals surface area contributed by atoms with Crippen molar-refractivity contribution in [3.63, 3.8) is 0 Å². The molecule has 0 aliphatic rings. The number of aliphatic hydroxyl groups excluding tert-OH is 1. The van der Waals surface area contributed by atoms with Gasteiger partial charge in [0.1, 0.15) is 0 Å². The van der Waals surface area contributed by atoms with Gasteiger partial charge < -0.3 is 20.5 Å². The van der Waals surface area contributed by atoms with E-state index in [1.54, 1.807) is 0 Å². The highest BCUT2D eigenvalue weighted by atomic mass is 16.5. The molecule has 0 amide bonds. The molecule has 0 radical (unpaired) electrons. The Morgan fingerprint density at radius 1 is 1.83 bits per heavy atom. The Hall–Kier alpha value is -1.40. The van der Waals surface area contributed by atoms with Crippen LogP contribution in [-0.4, -0.2) is 27.9 Å². The van der Waals surface area contributed by atoms with Gasteiger partial charge in [0.25, 0.3) is 0 Å². The van der Waals surface area contributed by atoms with Crippen LogP contribution in [0, 0.1) is 0 Å². The van der Waals surface area contributed by atoms with Gasteiger partial charge >= 0.3 is 5.97 Å². The predicted molar refractivity (Wildman–Crippen MR) is 37.5 cm³/mol. The molecule has 0 spiro atoms. The summed E-state index contributed by atoms with van der Waals surface area (Å²) in [5, 5.41) is 20.2. The van der Waals surface area contributed by atoms with Crippen LogP contribution >= 0.6 is 0 Å². The molecule has 12 heavy (non-hydrogen) atoms. The molecule has 1 unspecified atom stereocenters. The number of hydrogen-bond acceptors (Lipinski definition) is 5. The normalized spacial score (nSPS) is 12.8. The third-order valence-electron chi connectivity index (χ3n) is 1.31. The van der Waals surface area contributed by atoms with Crippen molar-refractivity contribution in [2.24, 2.45) is 5.73 Å². The number of carbonyl (C=O) groups is 1. The monoisotopic (exact) mass is 172 g/mol. The van der Waals surface area contributed by atoms with Crippen molar-refractivity contribution in [2.75, 3.05) is 6.61 Å². The molecule has 1 rings (SSSR count). The largest absolute Gasteiger partial charge is 0.476 e. The summed E-state index contributed by atoms with van der Waals surface area (Å²) < 4.78 is 4.56. The second-order valence-electron chi connectivity index (χ2n) is 2.21. The van der Waals surface area contributed by atoms with Gasteiger partial charge in [0, 0.05) is 6.07 Å². The average molecular weight is 172 g/mol. The van der Waals surface area contributed by atoms with Crippen LogP contribution < -0.4 is 5.73 Å². The standard InChI is InChI=1S/C6H8N2O4/c7-3(2-9)5-1-4(6(10)11)8-12-5/h1,3,9H,2,7H2,(H,10,11). The zero-order valence-corrected chi connectivity index (χ0v) is 6.10. The van der Waals surface area contributed by atoms with E-state index in [-0.39, 0.29) is 18.1 Å². The first-order chi connectivity index (χ1) is 5.65. The van der Waals surface area contributed by atoms with Crippen LogP contribution in [0.5, 0.6) is 0 Å². The minimum atomic E-state index is -1.19. The summed E-state index contributed by atoms with van der Waals surface area (Å²) in [4.78, 5) is 10.3. The van der Waals surface area contributed by atoms with Gasteiger partial charge in [0.2, 0.25) is 0 Å². The predicted octanol–water partition coefficient (Wildman–Crippen LogP) is -0.635. The maximum Gasteiger partial charge on any atom is 0.358 e. The molecule has 0 aliphatic heterocycles. The number of hydrogen-bond donors (Lipinski definition) is 3. The van der Waals surface area contributed by atoms with Crippen LogP contribution in [0.1, 0.15) is 22.3 Å². The summed E-state index contributed by atoms with van der Waals surface area (Å²) in [6, 6.07) is 0.467. The fourth-order valence-electron chi connectivity index (χ4n) is 0.655. The van der Waals surface area contributed by atoms with E-state index in [0.717, 1.165) is 0 Å². The number of carboxylic acid groups (broad SMARTS) is 1. The van der Waals surface area contributed by atoms with Gasteiger partial charge in [-0.3, -0.25) is 0 Å². The van der Waals surface area contributed by atoms with Gasteiger partial charge in [0.05, 0.1) is 12.6 Å². The van der Waals surface area contributed by atoms with E-state index in [9.17, 15) is 4.79 Å². The Morgan fingerprint density at radius 3 is 2.92 bits per heavy atom. The summed E-state index contributed by atoms with van der Waals surface area (Å²) in [7, 11) is 0. The highest BCUT2D eigenvalue weighted by Gasteiger charge is 2.14. The SMILES string of the molecule is NC(CO)c1cc(C(=O)O)no1. The summed E-state index contributed by atoms with van der Waals surface area (Å²) in [5.41, 5.74) is 5.12. The molecular formula is C6H8N2O4. The maximum absolute atomic E-state index is 10.3. The van der Waals surface area contributed by atoms with Crippen LogP contribution in [0.2, 0.25) is 0 Å². The first-order valence-corrected chi connectivity index (χ1v) is 3.21. The summed E-state index contributed by atoms with van der Waals surface area (Å²) in [6.07, 6.45) is 0. The van der Waals surface area contributed by atoms with Crippen molar-refractivity contribution in [1.82, 2.24) is 5.16 Å². The molecule has 6 heteroatoms. The van der Waals surface area contributed by atoms with Gasteiger partial charge in [-0.2, -0.15) is 0 Å². The topological polar surface area (TPSA) is 110 Å². The number of carboxylic acids is 1. The molecule has 0 aromatic carbocycles. The van der Waals surface area contributed by atoms with E-state index in [1.807, 2.05) is 0 Å². The second kappa shape index (κ2) is 3.33. The molecule has 1 heterocycles. The summed E-state index contributed by atoms with van der Waals surface area (Å²) in [5.74, 6) is -1.02. The Bertz CT molecular complexity index is 283. The van der Waals surface area contributed by atoms with Crippen molar-refractivity contribution in [3.05, 3.63) is 17.5 Å². The quantitative estimate of drug-likeness (QED) is 0.559. The molecule has 0 saturated heterocycles. The van der Waals surface area contributed by atoms with Gasteiger partial charge in [-0.05, 0) is 0 Å². The molecule has 66 valence electrons. The second-order valence-corrected chi connectivity index (χ2v) is 2.21. The van der Waals surface area contributed by atoms with Crippen molar-refractivity contribution >= 4 is 5.97 Å². The smallest absolute Gasteiger partial charge is 0.358 e. The molecule has 6 nitrogen and oxygen atoms in total. The van der Waals surface area contributed by atoms with Crippen molar-refractivity contribution < 1.29 is 19.5 Å². The van der Waals surface area contributed by atoms with Gasteiger partial charge in [-0.1, -0.05) is 5.16 Å². The summed E-state index contributed by atoms with van der Waals surface area (Å²) >= 11 is 0. The zero-order chi connectivity index (χ0) is 9.14. The minimum absolute atomic E-state index is 0.162. The number of aliphatic hydroxyl groups is 1. The molecule has 0 bridgehead atoms. The van der Waals surface area contributed by atoms with E-state index in [4.69, 9.17) is 15.9 Å². The number of nitrogens with two attached hydrogens (primary N) is 1. The van der Waals surface area contributed by atoms with Crippen LogP contribution in [0.3, 0.4) is 0 Å². The van der Waals surface area contributed by atoms with Gasteiger partial charge in [0.15, 0.2) is 11.5 Å². The molecule has 0 fully saturated rings. The number of rotatable bonds is 3. The number of aromatic nitrogens is 1. The third-order valence-corrected chi connectivity index (χ3v) is 1.31. The molecule has 0 saturated carbocycles. The first-order valence-electron chi connectivity index (χ1n) is 3.21. The van der Waals surface area contributed by atoms with Crippen molar-refractivity contribution in [3.8, 4) is 0 Å². The number of nitrogens with zero attached hydrogens (tertiary/aromatic N) is 1. The van der Waals surface area contributed by atoms with Crippen LogP contribution in [0.25, 0.3) is 0 Å². The zero-order valence-electron chi connectivity index (χ0n) is 6.10. The van der Waals surface area contributed by atoms with Crippen molar-refractivity contribution in [2.45, 2.75) is 6.04 Å².